The molecule has 0 aromatic carbocycles. The maximum absolute atomic E-state index is 11.3. The molecule has 0 fully saturated rings. The van der Waals surface area contributed by atoms with Crippen LogP contribution in [0.25, 0.3) is 11.0 Å². The molecule has 0 aliphatic rings. The molecule has 2 aromatic heterocycles. The molecule has 0 amide bonds. The Morgan fingerprint density at radius 1 is 1.55 bits per heavy atom. The summed E-state index contributed by atoms with van der Waals surface area (Å²) in [5.41, 5.74) is 1.30. The van der Waals surface area contributed by atoms with E-state index in [1.54, 1.807) is 17.9 Å². The van der Waals surface area contributed by atoms with Gasteiger partial charge >= 0.3 is 5.97 Å². The summed E-state index contributed by atoms with van der Waals surface area (Å²) in [4.78, 5) is 15.5. The van der Waals surface area contributed by atoms with Gasteiger partial charge in [0.25, 0.3) is 0 Å². The largest absolute Gasteiger partial charge is 0.478 e. The summed E-state index contributed by atoms with van der Waals surface area (Å²) in [6.07, 6.45) is 2.96. The molecular weight excluding hydrogens is 260 g/mol. The van der Waals surface area contributed by atoms with Crippen molar-refractivity contribution in [1.29, 1.82) is 0 Å². The molecule has 0 aliphatic heterocycles. The van der Waals surface area contributed by atoms with Gasteiger partial charge in [-0.25, -0.2) is 9.78 Å². The van der Waals surface area contributed by atoms with Crippen LogP contribution in [0.3, 0.4) is 0 Å². The molecule has 2 heterocycles. The predicted molar refractivity (Wildman–Crippen MR) is 75.0 cm³/mol. The number of carbonyl (C=O) groups is 1. The van der Waals surface area contributed by atoms with Gasteiger partial charge in [0.05, 0.1) is 23.9 Å². The Hall–Kier alpha value is -2.15. The summed E-state index contributed by atoms with van der Waals surface area (Å²) in [5, 5.41) is 17.3. The van der Waals surface area contributed by atoms with Crippen LogP contribution < -0.4 is 5.32 Å². The SMILES string of the molecule is CCOCC(C)Nc1c(C(=O)O)cnc2c1cnn2C. The third kappa shape index (κ3) is 2.72. The molecule has 0 aliphatic carbocycles. The van der Waals surface area contributed by atoms with Crippen LogP contribution in [0.1, 0.15) is 24.2 Å². The maximum Gasteiger partial charge on any atom is 0.339 e. The molecule has 0 bridgehead atoms. The van der Waals surface area contributed by atoms with E-state index in [1.807, 2.05) is 13.8 Å². The molecule has 1 atom stereocenters. The number of hydrogen-bond acceptors (Lipinski definition) is 5. The molecule has 7 nitrogen and oxygen atoms in total. The molecule has 2 aromatic rings. The van der Waals surface area contributed by atoms with Gasteiger partial charge < -0.3 is 15.2 Å². The van der Waals surface area contributed by atoms with Crippen LogP contribution in [0.15, 0.2) is 12.4 Å². The first-order chi connectivity index (χ1) is 9.54. The molecule has 0 saturated carbocycles. The van der Waals surface area contributed by atoms with Crippen LogP contribution in [-0.2, 0) is 11.8 Å². The van der Waals surface area contributed by atoms with Crippen molar-refractivity contribution in [3.63, 3.8) is 0 Å². The number of carboxylic acids is 1. The standard InChI is InChI=1S/C13H18N4O3/c1-4-20-7-8(2)16-11-9-6-15-17(3)12(9)14-5-10(11)13(18)19/h5-6,8H,4,7H2,1-3H3,(H,14,16)(H,18,19). The minimum Gasteiger partial charge on any atom is -0.478 e. The Bertz CT molecular complexity index is 623. The van der Waals surface area contributed by atoms with Gasteiger partial charge in [-0.15, -0.1) is 0 Å². The lowest BCUT2D eigenvalue weighted by Crippen LogP contribution is -2.23. The lowest BCUT2D eigenvalue weighted by Gasteiger charge is -2.17. The van der Waals surface area contributed by atoms with E-state index in [0.29, 0.717) is 29.9 Å². The van der Waals surface area contributed by atoms with E-state index in [0.717, 1.165) is 0 Å². The fraction of sp³-hybridized carbons (Fsp3) is 0.462. The molecule has 108 valence electrons. The fourth-order valence-corrected chi connectivity index (χ4v) is 2.00. The monoisotopic (exact) mass is 278 g/mol. The van der Waals surface area contributed by atoms with E-state index in [4.69, 9.17) is 4.74 Å². The fourth-order valence-electron chi connectivity index (χ4n) is 2.00. The highest BCUT2D eigenvalue weighted by Crippen LogP contribution is 2.26. The van der Waals surface area contributed by atoms with Gasteiger partial charge in [-0.1, -0.05) is 0 Å². The predicted octanol–water partition coefficient (Wildman–Crippen LogP) is 1.50. The maximum atomic E-state index is 11.3. The first-order valence-corrected chi connectivity index (χ1v) is 6.42. The molecule has 1 unspecified atom stereocenters. The van der Waals surface area contributed by atoms with Crippen molar-refractivity contribution >= 4 is 22.7 Å². The number of rotatable bonds is 6. The number of nitrogens with zero attached hydrogens (tertiary/aromatic N) is 3. The van der Waals surface area contributed by atoms with Crippen molar-refractivity contribution in [1.82, 2.24) is 14.8 Å². The Kier molecular flexibility index (Phi) is 4.19. The van der Waals surface area contributed by atoms with E-state index in [-0.39, 0.29) is 11.6 Å². The lowest BCUT2D eigenvalue weighted by molar-refractivity contribution is 0.0697. The Labute approximate surface area is 116 Å². The number of nitrogens with one attached hydrogen (secondary N) is 1. The van der Waals surface area contributed by atoms with E-state index in [2.05, 4.69) is 15.4 Å². The second-order valence-corrected chi connectivity index (χ2v) is 4.56. The minimum atomic E-state index is -1.02. The van der Waals surface area contributed by atoms with E-state index in [9.17, 15) is 9.90 Å². The highest BCUT2D eigenvalue weighted by atomic mass is 16.5. The van der Waals surface area contributed by atoms with Gasteiger partial charge in [0.1, 0.15) is 5.56 Å². The summed E-state index contributed by atoms with van der Waals surface area (Å²) in [7, 11) is 1.77. The van der Waals surface area contributed by atoms with Crippen molar-refractivity contribution in [3.8, 4) is 0 Å². The second-order valence-electron chi connectivity index (χ2n) is 4.56. The molecule has 0 spiro atoms. The summed E-state index contributed by atoms with van der Waals surface area (Å²) < 4.78 is 6.95. The summed E-state index contributed by atoms with van der Waals surface area (Å²) in [5.74, 6) is -1.02. The quantitative estimate of drug-likeness (QED) is 0.832. The summed E-state index contributed by atoms with van der Waals surface area (Å²) >= 11 is 0. The van der Waals surface area contributed by atoms with E-state index < -0.39 is 5.97 Å². The molecule has 20 heavy (non-hydrogen) atoms. The minimum absolute atomic E-state index is 0.0149. The summed E-state index contributed by atoms with van der Waals surface area (Å²) in [6, 6.07) is -0.0149. The Balaban J connectivity index is 2.41. The number of aromatic carboxylic acids is 1. The molecule has 2 N–H and O–H groups in total. The molecule has 2 rings (SSSR count). The normalized spacial score (nSPS) is 12.6. The van der Waals surface area contributed by atoms with Crippen LogP contribution in [0, 0.1) is 0 Å². The molecule has 0 saturated heterocycles. The first kappa shape index (κ1) is 14.3. The van der Waals surface area contributed by atoms with Gasteiger partial charge in [-0.3, -0.25) is 4.68 Å². The molecular formula is C13H18N4O3. The number of pyridine rings is 1. The number of aryl methyl sites for hydroxylation is 1. The second kappa shape index (κ2) is 5.87. The van der Waals surface area contributed by atoms with Gasteiger partial charge in [-0.05, 0) is 13.8 Å². The van der Waals surface area contributed by atoms with Crippen molar-refractivity contribution < 1.29 is 14.6 Å². The Morgan fingerprint density at radius 2 is 2.30 bits per heavy atom. The van der Waals surface area contributed by atoms with Gasteiger partial charge in [0, 0.05) is 25.9 Å². The van der Waals surface area contributed by atoms with Crippen LogP contribution in [0.5, 0.6) is 0 Å². The highest BCUT2D eigenvalue weighted by molar-refractivity contribution is 6.03. The van der Waals surface area contributed by atoms with Crippen LogP contribution in [0.2, 0.25) is 0 Å². The van der Waals surface area contributed by atoms with Crippen molar-refractivity contribution in [3.05, 3.63) is 18.0 Å². The zero-order chi connectivity index (χ0) is 14.7. The van der Waals surface area contributed by atoms with Crippen LogP contribution >= 0.6 is 0 Å². The number of anilines is 1. The number of ether oxygens (including phenoxy) is 1. The van der Waals surface area contributed by atoms with E-state index in [1.165, 1.54) is 6.20 Å². The summed E-state index contributed by atoms with van der Waals surface area (Å²) in [6.45, 7) is 4.97. The molecule has 0 radical (unpaired) electrons. The van der Waals surface area contributed by atoms with Crippen LogP contribution in [0.4, 0.5) is 5.69 Å². The van der Waals surface area contributed by atoms with E-state index >= 15 is 0 Å². The number of aromatic nitrogens is 3. The lowest BCUT2D eigenvalue weighted by atomic mass is 10.1. The number of hydrogen-bond donors (Lipinski definition) is 2. The van der Waals surface area contributed by atoms with Crippen molar-refractivity contribution in [2.75, 3.05) is 18.5 Å². The average Bonchev–Trinajstić information content (AvgIpc) is 2.78. The van der Waals surface area contributed by atoms with Crippen molar-refractivity contribution in [2.45, 2.75) is 19.9 Å². The zero-order valence-electron chi connectivity index (χ0n) is 11.8. The first-order valence-electron chi connectivity index (χ1n) is 6.42. The van der Waals surface area contributed by atoms with Crippen LogP contribution in [-0.4, -0.2) is 45.1 Å². The third-order valence-electron chi connectivity index (χ3n) is 2.96. The number of fused-ring (bicyclic) bond motifs is 1. The third-order valence-corrected chi connectivity index (χ3v) is 2.96. The topological polar surface area (TPSA) is 89.3 Å². The smallest absolute Gasteiger partial charge is 0.339 e. The van der Waals surface area contributed by atoms with Crippen molar-refractivity contribution in [2.24, 2.45) is 7.05 Å². The van der Waals surface area contributed by atoms with Gasteiger partial charge in [-0.2, -0.15) is 5.10 Å². The Morgan fingerprint density at radius 3 is 2.95 bits per heavy atom. The average molecular weight is 278 g/mol. The highest BCUT2D eigenvalue weighted by Gasteiger charge is 2.18. The van der Waals surface area contributed by atoms with Gasteiger partial charge in [0.15, 0.2) is 5.65 Å². The zero-order valence-corrected chi connectivity index (χ0v) is 11.8. The number of carboxylic acid groups (broad SMARTS) is 1. The van der Waals surface area contributed by atoms with Gasteiger partial charge in [0.2, 0.25) is 0 Å². The molecule has 7 heteroatoms.